The van der Waals surface area contributed by atoms with E-state index in [2.05, 4.69) is 26.1 Å². The van der Waals surface area contributed by atoms with Crippen molar-refractivity contribution in [2.24, 2.45) is 11.8 Å². The second-order valence-electron chi connectivity index (χ2n) is 5.94. The van der Waals surface area contributed by atoms with Crippen molar-refractivity contribution in [1.82, 2.24) is 10.2 Å². The average Bonchev–Trinajstić information content (AvgIpc) is 2.77. The molecule has 1 amide bonds. The molecular weight excluding hydrogens is 352 g/mol. The van der Waals surface area contributed by atoms with Gasteiger partial charge in [0.15, 0.2) is 0 Å². The Kier molecular flexibility index (Phi) is 6.08. The van der Waals surface area contributed by atoms with Crippen LogP contribution in [0.4, 0.5) is 0 Å². The van der Waals surface area contributed by atoms with Crippen LogP contribution in [0.5, 0.6) is 0 Å². The maximum absolute atomic E-state index is 12.4. The second-order valence-corrected chi connectivity index (χ2v) is 6.86. The van der Waals surface area contributed by atoms with Gasteiger partial charge < -0.3 is 10.2 Å². The first-order valence-corrected chi connectivity index (χ1v) is 8.24. The first kappa shape index (κ1) is 16.8. The summed E-state index contributed by atoms with van der Waals surface area (Å²) in [5.41, 5.74) is 1.09. The summed E-state index contributed by atoms with van der Waals surface area (Å²) >= 11 is 3.46. The zero-order chi connectivity index (χ0) is 13.9. The summed E-state index contributed by atoms with van der Waals surface area (Å²) < 4.78 is 1.04. The largest absolute Gasteiger partial charge is 0.342 e. The molecule has 21 heavy (non-hydrogen) atoms. The zero-order valence-electron chi connectivity index (χ0n) is 12.1. The SMILES string of the molecule is Cl.O=C(Cc1cccc(Br)c1)N1CC[C@@H]2CNC[C@@H]2CC1. The highest BCUT2D eigenvalue weighted by Crippen LogP contribution is 2.27. The van der Waals surface area contributed by atoms with Crippen molar-refractivity contribution in [1.29, 1.82) is 0 Å². The summed E-state index contributed by atoms with van der Waals surface area (Å²) in [5, 5.41) is 3.47. The Morgan fingerprint density at radius 1 is 1.24 bits per heavy atom. The van der Waals surface area contributed by atoms with Gasteiger partial charge in [0, 0.05) is 17.6 Å². The van der Waals surface area contributed by atoms with E-state index in [-0.39, 0.29) is 18.3 Å². The van der Waals surface area contributed by atoms with E-state index in [9.17, 15) is 4.79 Å². The van der Waals surface area contributed by atoms with Crippen LogP contribution in [0.3, 0.4) is 0 Å². The topological polar surface area (TPSA) is 32.3 Å². The quantitative estimate of drug-likeness (QED) is 0.864. The van der Waals surface area contributed by atoms with Crippen molar-refractivity contribution in [3.05, 3.63) is 34.3 Å². The first-order valence-electron chi connectivity index (χ1n) is 7.45. The Labute approximate surface area is 141 Å². The number of carbonyl (C=O) groups excluding carboxylic acids is 1. The molecule has 1 aromatic rings. The molecule has 0 bridgehead atoms. The maximum Gasteiger partial charge on any atom is 0.226 e. The van der Waals surface area contributed by atoms with Crippen LogP contribution in [0.1, 0.15) is 18.4 Å². The summed E-state index contributed by atoms with van der Waals surface area (Å²) in [6.45, 7) is 4.13. The molecule has 0 unspecified atom stereocenters. The number of fused-ring (bicyclic) bond motifs is 1. The highest BCUT2D eigenvalue weighted by Gasteiger charge is 2.31. The van der Waals surface area contributed by atoms with Crippen LogP contribution in [0.2, 0.25) is 0 Å². The number of hydrogen-bond donors (Lipinski definition) is 1. The summed E-state index contributed by atoms with van der Waals surface area (Å²) in [6, 6.07) is 8.05. The monoisotopic (exact) mass is 372 g/mol. The lowest BCUT2D eigenvalue weighted by atomic mass is 9.92. The molecule has 2 aliphatic rings. The van der Waals surface area contributed by atoms with Gasteiger partial charge in [-0.2, -0.15) is 0 Å². The molecule has 116 valence electrons. The Morgan fingerprint density at radius 3 is 2.52 bits per heavy atom. The molecule has 2 fully saturated rings. The Hall–Kier alpha value is -0.580. The molecule has 2 saturated heterocycles. The molecule has 0 aromatic heterocycles. The van der Waals surface area contributed by atoms with E-state index in [0.29, 0.717) is 6.42 Å². The fourth-order valence-corrected chi connectivity index (χ4v) is 3.85. The fourth-order valence-electron chi connectivity index (χ4n) is 3.40. The normalized spacial score (nSPS) is 24.9. The summed E-state index contributed by atoms with van der Waals surface area (Å²) in [6.07, 6.45) is 2.83. The molecule has 5 heteroatoms. The van der Waals surface area contributed by atoms with Gasteiger partial charge >= 0.3 is 0 Å². The van der Waals surface area contributed by atoms with Gasteiger partial charge in [-0.15, -0.1) is 12.4 Å². The number of carbonyl (C=O) groups is 1. The third kappa shape index (κ3) is 4.21. The molecule has 3 rings (SSSR count). The number of benzene rings is 1. The van der Waals surface area contributed by atoms with Gasteiger partial charge in [-0.25, -0.2) is 0 Å². The van der Waals surface area contributed by atoms with Gasteiger partial charge in [0.2, 0.25) is 5.91 Å². The molecule has 0 saturated carbocycles. The third-order valence-electron chi connectivity index (χ3n) is 4.62. The van der Waals surface area contributed by atoms with Gasteiger partial charge in [0.1, 0.15) is 0 Å². The lowest BCUT2D eigenvalue weighted by molar-refractivity contribution is -0.130. The molecule has 1 aromatic carbocycles. The Morgan fingerprint density at radius 2 is 1.90 bits per heavy atom. The van der Waals surface area contributed by atoms with Gasteiger partial charge in [0.25, 0.3) is 0 Å². The van der Waals surface area contributed by atoms with Crippen LogP contribution in [-0.4, -0.2) is 37.0 Å². The summed E-state index contributed by atoms with van der Waals surface area (Å²) in [5.74, 6) is 1.83. The van der Waals surface area contributed by atoms with E-state index in [1.165, 1.54) is 0 Å². The van der Waals surface area contributed by atoms with E-state index >= 15 is 0 Å². The highest BCUT2D eigenvalue weighted by molar-refractivity contribution is 9.10. The fraction of sp³-hybridized carbons (Fsp3) is 0.562. The molecule has 0 spiro atoms. The minimum Gasteiger partial charge on any atom is -0.342 e. The highest BCUT2D eigenvalue weighted by atomic mass is 79.9. The number of halogens is 2. The number of rotatable bonds is 2. The van der Waals surface area contributed by atoms with Gasteiger partial charge in [0.05, 0.1) is 6.42 Å². The number of amides is 1. The minimum atomic E-state index is 0. The first-order chi connectivity index (χ1) is 9.72. The molecule has 2 atom stereocenters. The Balaban J connectivity index is 0.00000161. The van der Waals surface area contributed by atoms with Gasteiger partial charge in [-0.1, -0.05) is 28.1 Å². The molecule has 1 N–H and O–H groups in total. The van der Waals surface area contributed by atoms with Crippen LogP contribution in [0.25, 0.3) is 0 Å². The van der Waals surface area contributed by atoms with Crippen LogP contribution in [-0.2, 0) is 11.2 Å². The molecular formula is C16H22BrClN2O. The second kappa shape index (κ2) is 7.61. The number of nitrogens with one attached hydrogen (secondary N) is 1. The molecule has 2 heterocycles. The molecule has 0 aliphatic carbocycles. The van der Waals surface area contributed by atoms with Crippen molar-refractivity contribution in [2.45, 2.75) is 19.3 Å². The van der Waals surface area contributed by atoms with Gasteiger partial charge in [-0.3, -0.25) is 4.79 Å². The van der Waals surface area contributed by atoms with Crippen molar-refractivity contribution >= 4 is 34.2 Å². The van der Waals surface area contributed by atoms with Crippen LogP contribution in [0, 0.1) is 11.8 Å². The molecule has 2 aliphatic heterocycles. The van der Waals surface area contributed by atoms with Crippen LogP contribution < -0.4 is 5.32 Å². The van der Waals surface area contributed by atoms with Crippen molar-refractivity contribution < 1.29 is 4.79 Å². The maximum atomic E-state index is 12.4. The third-order valence-corrected chi connectivity index (χ3v) is 5.11. The van der Waals surface area contributed by atoms with E-state index in [0.717, 1.165) is 60.9 Å². The zero-order valence-corrected chi connectivity index (χ0v) is 14.5. The predicted octanol–water partition coefficient (Wildman–Crippen LogP) is 2.87. The van der Waals surface area contributed by atoms with E-state index in [4.69, 9.17) is 0 Å². The molecule has 0 radical (unpaired) electrons. The number of hydrogen-bond acceptors (Lipinski definition) is 2. The number of likely N-dealkylation sites (tertiary alicyclic amines) is 1. The lowest BCUT2D eigenvalue weighted by Gasteiger charge is -2.21. The average molecular weight is 374 g/mol. The van der Waals surface area contributed by atoms with Crippen molar-refractivity contribution in [2.75, 3.05) is 26.2 Å². The minimum absolute atomic E-state index is 0. The van der Waals surface area contributed by atoms with E-state index in [1.807, 2.05) is 24.3 Å². The van der Waals surface area contributed by atoms with Crippen LogP contribution >= 0.6 is 28.3 Å². The van der Waals surface area contributed by atoms with E-state index in [1.54, 1.807) is 0 Å². The lowest BCUT2D eigenvalue weighted by Crippen LogP contribution is -2.33. The van der Waals surface area contributed by atoms with E-state index < -0.39 is 0 Å². The Bertz CT molecular complexity index is 483. The van der Waals surface area contributed by atoms with Gasteiger partial charge in [-0.05, 0) is 55.5 Å². The predicted molar refractivity (Wildman–Crippen MR) is 90.8 cm³/mol. The van der Waals surface area contributed by atoms with Crippen molar-refractivity contribution in [3.63, 3.8) is 0 Å². The standard InChI is InChI=1S/C16H21BrN2O.ClH/c17-15-3-1-2-12(8-15)9-16(20)19-6-4-13-10-18-11-14(13)5-7-19;/h1-3,8,13-14,18H,4-7,9-11H2;1H/t13-,14+;. The summed E-state index contributed by atoms with van der Waals surface area (Å²) in [7, 11) is 0. The number of nitrogens with zero attached hydrogens (tertiary/aromatic N) is 1. The summed E-state index contributed by atoms with van der Waals surface area (Å²) in [4.78, 5) is 14.5. The molecule has 3 nitrogen and oxygen atoms in total. The van der Waals surface area contributed by atoms with Crippen molar-refractivity contribution in [3.8, 4) is 0 Å². The smallest absolute Gasteiger partial charge is 0.226 e. The van der Waals surface area contributed by atoms with Crippen LogP contribution in [0.15, 0.2) is 28.7 Å².